The van der Waals surface area contributed by atoms with Crippen LogP contribution in [0.2, 0.25) is 5.02 Å². The molecule has 0 saturated carbocycles. The number of rotatable bonds is 9. The molecule has 0 fully saturated rings. The Balaban J connectivity index is 2.15. The first-order valence-electron chi connectivity index (χ1n) is 10.0. The predicted octanol–water partition coefficient (Wildman–Crippen LogP) is 8.74. The average Bonchev–Trinajstić information content (AvgIpc) is 2.64. The van der Waals surface area contributed by atoms with Gasteiger partial charge in [0.05, 0.1) is 10.9 Å². The van der Waals surface area contributed by atoms with E-state index < -0.39 is 46.5 Å². The van der Waals surface area contributed by atoms with E-state index in [0.717, 1.165) is 6.08 Å². The van der Waals surface area contributed by atoms with Gasteiger partial charge in [-0.25, -0.2) is 0 Å². The smallest absolute Gasteiger partial charge is 0.294 e. The third kappa shape index (κ3) is 10.0. The van der Waals surface area contributed by atoms with Crippen LogP contribution in [0.15, 0.2) is 51.4 Å². The lowest BCUT2D eigenvalue weighted by atomic mass is 9.96. The highest BCUT2D eigenvalue weighted by molar-refractivity contribution is 9.11. The van der Waals surface area contributed by atoms with E-state index in [0.29, 0.717) is 14.5 Å². The number of alkyl halides is 6. The first-order chi connectivity index (χ1) is 16.0. The minimum absolute atomic E-state index is 0.00507. The summed E-state index contributed by atoms with van der Waals surface area (Å²) in [5, 5.41) is -0.00507. The van der Waals surface area contributed by atoms with Gasteiger partial charge in [-0.1, -0.05) is 68.6 Å². The molecule has 3 atom stereocenters. The van der Waals surface area contributed by atoms with E-state index in [1.165, 1.54) is 43.3 Å². The number of Topliss-reactive ketones (excluding diaryl/α,β-unsaturated/α-hetero) is 1. The Morgan fingerprint density at radius 2 is 1.66 bits per heavy atom. The second-order valence-electron chi connectivity index (χ2n) is 7.92. The van der Waals surface area contributed by atoms with Gasteiger partial charge in [0.15, 0.2) is 5.78 Å². The van der Waals surface area contributed by atoms with Crippen molar-refractivity contribution in [1.82, 2.24) is 0 Å². The van der Waals surface area contributed by atoms with Crippen LogP contribution in [0.25, 0.3) is 6.08 Å². The Morgan fingerprint density at radius 1 is 1.06 bits per heavy atom. The number of carbonyl (C=O) groups is 1. The summed E-state index contributed by atoms with van der Waals surface area (Å²) in [6, 6.07) is 8.46. The van der Waals surface area contributed by atoms with Crippen LogP contribution in [-0.2, 0) is 10.8 Å². The SMILES string of the molecule is C[C@@H](CC(=O)c1ccc(/C=C/C(c2cc(Br)cc(Br)c2)C(F)(F)F)cc1Cl)CS(=O)CC(F)(F)F. The Kier molecular flexibility index (Phi) is 10.6. The van der Waals surface area contributed by atoms with Crippen LogP contribution in [0.3, 0.4) is 0 Å². The summed E-state index contributed by atoms with van der Waals surface area (Å²) >= 11 is 12.5. The molecule has 0 radical (unpaired) electrons. The van der Waals surface area contributed by atoms with Crippen molar-refractivity contribution in [3.8, 4) is 0 Å². The lowest BCUT2D eigenvalue weighted by Crippen LogP contribution is -2.23. The predicted molar refractivity (Wildman–Crippen MR) is 133 cm³/mol. The quantitative estimate of drug-likeness (QED) is 0.198. The molecule has 0 spiro atoms. The first-order valence-corrected chi connectivity index (χ1v) is 13.5. The van der Waals surface area contributed by atoms with Crippen LogP contribution in [0, 0.1) is 5.92 Å². The summed E-state index contributed by atoms with van der Waals surface area (Å²) in [7, 11) is -2.15. The number of hydrogen-bond donors (Lipinski definition) is 0. The van der Waals surface area contributed by atoms with Gasteiger partial charge in [-0.15, -0.1) is 0 Å². The number of ketones is 1. The number of hydrogen-bond acceptors (Lipinski definition) is 2. The molecule has 0 aliphatic rings. The van der Waals surface area contributed by atoms with Crippen LogP contribution in [0.5, 0.6) is 0 Å². The average molecular weight is 669 g/mol. The van der Waals surface area contributed by atoms with Crippen molar-refractivity contribution in [2.24, 2.45) is 5.92 Å². The van der Waals surface area contributed by atoms with Gasteiger partial charge in [-0.05, 0) is 47.4 Å². The summed E-state index contributed by atoms with van der Waals surface area (Å²) in [4.78, 5) is 12.5. The minimum atomic E-state index is -4.56. The largest absolute Gasteiger partial charge is 0.400 e. The topological polar surface area (TPSA) is 34.1 Å². The van der Waals surface area contributed by atoms with E-state index in [9.17, 15) is 35.3 Å². The monoisotopic (exact) mass is 666 g/mol. The van der Waals surface area contributed by atoms with Crippen molar-refractivity contribution in [2.45, 2.75) is 31.6 Å². The lowest BCUT2D eigenvalue weighted by molar-refractivity contribution is -0.139. The standard InChI is InChI=1S/C23H19Br2ClF6O2S/c1-13(11-35(34)12-22(27,28)29)6-21(33)18-4-2-14(7-20(18)26)3-5-19(23(30,31)32)15-8-16(24)10-17(25)9-15/h2-5,7-10,13,19H,6,11-12H2,1H3/b5-3+/t13-,19?,35?/m0/s1. The van der Waals surface area contributed by atoms with Crippen LogP contribution in [0.4, 0.5) is 26.3 Å². The zero-order valence-corrected chi connectivity index (χ0v) is 22.8. The van der Waals surface area contributed by atoms with Crippen LogP contribution >= 0.6 is 43.5 Å². The van der Waals surface area contributed by atoms with E-state index in [-0.39, 0.29) is 28.3 Å². The molecule has 0 bridgehead atoms. The van der Waals surface area contributed by atoms with Crippen LogP contribution in [-0.4, -0.2) is 33.9 Å². The van der Waals surface area contributed by atoms with E-state index >= 15 is 0 Å². The van der Waals surface area contributed by atoms with Crippen molar-refractivity contribution < 1.29 is 35.3 Å². The van der Waals surface area contributed by atoms with Gasteiger partial charge >= 0.3 is 12.4 Å². The van der Waals surface area contributed by atoms with E-state index in [1.807, 2.05) is 0 Å². The summed E-state index contributed by atoms with van der Waals surface area (Å²) in [6.07, 6.45) is -7.06. The molecular weight excluding hydrogens is 650 g/mol. The Morgan fingerprint density at radius 3 is 2.17 bits per heavy atom. The molecule has 2 rings (SSSR count). The fourth-order valence-corrected chi connectivity index (χ4v) is 6.14. The second kappa shape index (κ2) is 12.4. The van der Waals surface area contributed by atoms with Gasteiger partial charge in [0.1, 0.15) is 5.75 Å². The molecule has 0 aliphatic carbocycles. The van der Waals surface area contributed by atoms with Crippen molar-refractivity contribution in [2.75, 3.05) is 11.5 Å². The zero-order chi connectivity index (χ0) is 26.6. The fraction of sp³-hybridized carbons (Fsp3) is 0.348. The van der Waals surface area contributed by atoms with Gasteiger partial charge in [0.25, 0.3) is 0 Å². The third-order valence-corrected chi connectivity index (χ3v) is 7.52. The molecule has 0 amide bonds. The highest BCUT2D eigenvalue weighted by Crippen LogP contribution is 2.38. The normalized spacial score (nSPS) is 15.3. The van der Waals surface area contributed by atoms with E-state index in [1.54, 1.807) is 6.07 Å². The molecule has 2 unspecified atom stereocenters. The van der Waals surface area contributed by atoms with Crippen molar-refractivity contribution in [3.05, 3.63) is 73.1 Å². The Hall–Kier alpha value is -1.17. The lowest BCUT2D eigenvalue weighted by Gasteiger charge is -2.18. The molecule has 0 aromatic heterocycles. The maximum absolute atomic E-state index is 13.7. The highest BCUT2D eigenvalue weighted by Gasteiger charge is 2.39. The molecule has 0 saturated heterocycles. The van der Waals surface area contributed by atoms with Crippen molar-refractivity contribution in [3.63, 3.8) is 0 Å². The molecule has 0 aliphatic heterocycles. The third-order valence-electron chi connectivity index (χ3n) is 4.70. The summed E-state index contributed by atoms with van der Waals surface area (Å²) in [6.45, 7) is 1.51. The highest BCUT2D eigenvalue weighted by atomic mass is 79.9. The molecule has 0 N–H and O–H groups in total. The van der Waals surface area contributed by atoms with Gasteiger partial charge in [0.2, 0.25) is 0 Å². The van der Waals surface area contributed by atoms with Crippen molar-refractivity contribution in [1.29, 1.82) is 0 Å². The van der Waals surface area contributed by atoms with E-state index in [4.69, 9.17) is 11.6 Å². The summed E-state index contributed by atoms with van der Waals surface area (Å²) in [5.41, 5.74) is 0.430. The van der Waals surface area contributed by atoms with Crippen molar-refractivity contribution >= 4 is 66.1 Å². The van der Waals surface area contributed by atoms with Crippen LogP contribution in [0.1, 0.15) is 40.7 Å². The van der Waals surface area contributed by atoms with Crippen LogP contribution < -0.4 is 0 Å². The van der Waals surface area contributed by atoms with Gasteiger partial charge < -0.3 is 0 Å². The van der Waals surface area contributed by atoms with Gasteiger partial charge in [-0.3, -0.25) is 9.00 Å². The molecule has 12 heteroatoms. The fourth-order valence-electron chi connectivity index (χ4n) is 3.28. The maximum atomic E-state index is 13.7. The summed E-state index contributed by atoms with van der Waals surface area (Å²) in [5.74, 6) is -4.68. The number of allylic oxidation sites excluding steroid dienone is 1. The Bertz CT molecular complexity index is 1100. The molecule has 2 nitrogen and oxygen atoms in total. The number of halogens is 9. The maximum Gasteiger partial charge on any atom is 0.400 e. The minimum Gasteiger partial charge on any atom is -0.294 e. The first kappa shape index (κ1) is 30.1. The second-order valence-corrected chi connectivity index (χ2v) is 11.7. The molecule has 192 valence electrons. The van der Waals surface area contributed by atoms with Gasteiger partial charge in [-0.2, -0.15) is 26.3 Å². The molecule has 0 heterocycles. The summed E-state index contributed by atoms with van der Waals surface area (Å²) < 4.78 is 90.6. The molecule has 35 heavy (non-hydrogen) atoms. The zero-order valence-electron chi connectivity index (χ0n) is 18.0. The molecule has 2 aromatic carbocycles. The molecular formula is C23H19Br2ClF6O2S. The molecule has 2 aromatic rings. The van der Waals surface area contributed by atoms with Gasteiger partial charge in [0, 0.05) is 37.5 Å². The number of carbonyl (C=O) groups excluding carboxylic acids is 1. The Labute approximate surface area is 222 Å². The van der Waals surface area contributed by atoms with E-state index in [2.05, 4.69) is 31.9 Å². The number of benzene rings is 2.